The third-order valence-electron chi connectivity index (χ3n) is 1.64. The molecule has 0 saturated carbocycles. The van der Waals surface area contributed by atoms with E-state index in [2.05, 4.69) is 10.3 Å². The molecule has 2 atom stereocenters. The Labute approximate surface area is 66.9 Å². The predicted molar refractivity (Wildman–Crippen MR) is 39.0 cm³/mol. The van der Waals surface area contributed by atoms with Crippen LogP contribution in [0.2, 0.25) is 0 Å². The lowest BCUT2D eigenvalue weighted by molar-refractivity contribution is -0.142. The van der Waals surface area contributed by atoms with Gasteiger partial charge in [-0.05, 0) is 0 Å². The van der Waals surface area contributed by atoms with Crippen LogP contribution in [-0.2, 0) is 4.79 Å². The number of carbonyl (C=O) groups excluding carboxylic acids is 1. The Bertz CT molecular complexity index is 272. The number of carbonyl (C=O) groups is 1. The van der Waals surface area contributed by atoms with E-state index in [9.17, 15) is 4.79 Å². The summed E-state index contributed by atoms with van der Waals surface area (Å²) in [6.07, 6.45) is 0.772. The van der Waals surface area contributed by atoms with Crippen molar-refractivity contribution < 1.29 is 9.90 Å². The highest BCUT2D eigenvalue weighted by molar-refractivity contribution is 7.09. The number of nitrogens with one attached hydrogen (secondary N) is 1. The van der Waals surface area contributed by atoms with Crippen LogP contribution in [-0.4, -0.2) is 22.1 Å². The topological polar surface area (TPSA) is 62.2 Å². The summed E-state index contributed by atoms with van der Waals surface area (Å²) in [5, 5.41) is 11.7. The van der Waals surface area contributed by atoms with Gasteiger partial charge in [0.25, 0.3) is 5.91 Å². The Morgan fingerprint density at radius 2 is 2.55 bits per heavy atom. The van der Waals surface area contributed by atoms with Crippen LogP contribution >= 0.6 is 11.3 Å². The molecule has 1 fully saturated rings. The molecule has 0 bridgehead atoms. The molecule has 2 rings (SSSR count). The third kappa shape index (κ3) is 0.928. The van der Waals surface area contributed by atoms with Crippen molar-refractivity contribution in [3.05, 3.63) is 16.6 Å². The van der Waals surface area contributed by atoms with Crippen LogP contribution in [0.4, 0.5) is 0 Å². The number of nitrogens with zero attached hydrogens (tertiary/aromatic N) is 1. The number of hydrogen-bond donors (Lipinski definition) is 2. The van der Waals surface area contributed by atoms with E-state index in [0.717, 1.165) is 4.88 Å². The van der Waals surface area contributed by atoms with Gasteiger partial charge in [0.15, 0.2) is 6.10 Å². The Hall–Kier alpha value is -0.940. The van der Waals surface area contributed by atoms with Gasteiger partial charge in [-0.15, -0.1) is 11.3 Å². The average molecular weight is 170 g/mol. The summed E-state index contributed by atoms with van der Waals surface area (Å²) in [5.41, 5.74) is 1.67. The second-order valence-electron chi connectivity index (χ2n) is 2.33. The molecular formula is C6H6N2O2S. The maximum absolute atomic E-state index is 10.6. The molecule has 1 aromatic heterocycles. The lowest BCUT2D eigenvalue weighted by atomic mass is 10.0. The molecule has 1 aromatic rings. The fraction of sp³-hybridized carbons (Fsp3) is 0.333. The monoisotopic (exact) mass is 170 g/mol. The van der Waals surface area contributed by atoms with Crippen LogP contribution in [0, 0.1) is 0 Å². The molecule has 1 aliphatic rings. The largest absolute Gasteiger partial charge is 0.381 e. The van der Waals surface area contributed by atoms with E-state index in [4.69, 9.17) is 5.11 Å². The summed E-state index contributed by atoms with van der Waals surface area (Å²) in [6, 6.07) is -0.227. The number of aliphatic hydroxyl groups excluding tert-OH is 1. The Morgan fingerprint density at radius 3 is 3.00 bits per heavy atom. The number of aromatic nitrogens is 1. The molecule has 2 N–H and O–H groups in total. The van der Waals surface area contributed by atoms with Crippen molar-refractivity contribution in [3.63, 3.8) is 0 Å². The molecule has 58 valence electrons. The molecule has 1 aliphatic heterocycles. The van der Waals surface area contributed by atoms with Crippen LogP contribution in [0.1, 0.15) is 10.9 Å². The molecule has 11 heavy (non-hydrogen) atoms. The molecular weight excluding hydrogens is 164 g/mol. The Balaban J connectivity index is 2.15. The van der Waals surface area contributed by atoms with Crippen LogP contribution in [0.5, 0.6) is 0 Å². The SMILES string of the molecule is O=C1NC(c2cncs2)C1O. The number of β-lactam (4-membered cyclic amide) rings is 1. The van der Waals surface area contributed by atoms with E-state index in [1.807, 2.05) is 0 Å². The maximum Gasteiger partial charge on any atom is 0.252 e. The van der Waals surface area contributed by atoms with Crippen LogP contribution in [0.3, 0.4) is 0 Å². The maximum atomic E-state index is 10.6. The molecule has 0 aromatic carbocycles. The van der Waals surface area contributed by atoms with Gasteiger partial charge in [-0.2, -0.15) is 0 Å². The summed E-state index contributed by atoms with van der Waals surface area (Å²) >= 11 is 1.43. The van der Waals surface area contributed by atoms with Crippen molar-refractivity contribution in [1.29, 1.82) is 0 Å². The van der Waals surface area contributed by atoms with E-state index in [1.165, 1.54) is 11.3 Å². The number of aliphatic hydroxyl groups is 1. The standard InChI is InChI=1S/C6H6N2O2S/c9-5-4(8-6(5)10)3-1-7-2-11-3/h1-2,4-5,9H,(H,8,10). The van der Waals surface area contributed by atoms with Crippen molar-refractivity contribution >= 4 is 17.2 Å². The summed E-state index contributed by atoms with van der Waals surface area (Å²) in [5.74, 6) is -0.302. The van der Waals surface area contributed by atoms with Gasteiger partial charge in [-0.1, -0.05) is 0 Å². The zero-order valence-electron chi connectivity index (χ0n) is 5.52. The molecule has 2 heterocycles. The zero-order valence-corrected chi connectivity index (χ0v) is 6.34. The molecule has 4 nitrogen and oxygen atoms in total. The van der Waals surface area contributed by atoms with Crippen molar-refractivity contribution in [3.8, 4) is 0 Å². The van der Waals surface area contributed by atoms with Gasteiger partial charge in [0, 0.05) is 11.1 Å². The molecule has 1 amide bonds. The third-order valence-corrected chi connectivity index (χ3v) is 2.50. The molecule has 1 saturated heterocycles. The van der Waals surface area contributed by atoms with Crippen LogP contribution < -0.4 is 5.32 Å². The van der Waals surface area contributed by atoms with Crippen LogP contribution in [0.15, 0.2) is 11.7 Å². The second kappa shape index (κ2) is 2.28. The first-order chi connectivity index (χ1) is 5.29. The minimum Gasteiger partial charge on any atom is -0.381 e. The summed E-state index contributed by atoms with van der Waals surface area (Å²) in [4.78, 5) is 15.3. The lowest BCUT2D eigenvalue weighted by Gasteiger charge is -2.31. The number of amides is 1. The van der Waals surface area contributed by atoms with E-state index in [-0.39, 0.29) is 11.9 Å². The first kappa shape index (κ1) is 6.75. The van der Waals surface area contributed by atoms with Gasteiger partial charge in [-0.25, -0.2) is 0 Å². The van der Waals surface area contributed by atoms with E-state index < -0.39 is 6.10 Å². The summed E-state index contributed by atoms with van der Waals surface area (Å²) < 4.78 is 0. The van der Waals surface area contributed by atoms with Crippen molar-refractivity contribution in [1.82, 2.24) is 10.3 Å². The quantitative estimate of drug-likeness (QED) is 0.567. The normalized spacial score (nSPS) is 29.4. The van der Waals surface area contributed by atoms with Crippen molar-refractivity contribution in [2.24, 2.45) is 0 Å². The molecule has 0 spiro atoms. The van der Waals surface area contributed by atoms with Gasteiger partial charge >= 0.3 is 0 Å². The first-order valence-corrected chi connectivity index (χ1v) is 4.04. The highest BCUT2D eigenvalue weighted by Gasteiger charge is 2.39. The highest BCUT2D eigenvalue weighted by atomic mass is 32.1. The minimum absolute atomic E-state index is 0.227. The van der Waals surface area contributed by atoms with E-state index >= 15 is 0 Å². The fourth-order valence-electron chi connectivity index (χ4n) is 0.979. The Morgan fingerprint density at radius 1 is 1.73 bits per heavy atom. The minimum atomic E-state index is -0.879. The molecule has 0 radical (unpaired) electrons. The van der Waals surface area contributed by atoms with Gasteiger partial charge in [0.05, 0.1) is 11.6 Å². The smallest absolute Gasteiger partial charge is 0.252 e. The van der Waals surface area contributed by atoms with Crippen LogP contribution in [0.25, 0.3) is 0 Å². The van der Waals surface area contributed by atoms with Crippen molar-refractivity contribution in [2.45, 2.75) is 12.1 Å². The second-order valence-corrected chi connectivity index (χ2v) is 3.25. The number of thiazole rings is 1. The van der Waals surface area contributed by atoms with Crippen molar-refractivity contribution in [2.75, 3.05) is 0 Å². The predicted octanol–water partition coefficient (Wildman–Crippen LogP) is -0.325. The average Bonchev–Trinajstić information content (AvgIpc) is 2.51. The molecule has 2 unspecified atom stereocenters. The highest BCUT2D eigenvalue weighted by Crippen LogP contribution is 2.26. The number of rotatable bonds is 1. The molecule has 0 aliphatic carbocycles. The zero-order chi connectivity index (χ0) is 7.84. The lowest BCUT2D eigenvalue weighted by Crippen LogP contribution is -2.55. The molecule has 5 heteroatoms. The Kier molecular flexibility index (Phi) is 1.40. The van der Waals surface area contributed by atoms with E-state index in [1.54, 1.807) is 11.7 Å². The summed E-state index contributed by atoms with van der Waals surface area (Å²) in [6.45, 7) is 0. The summed E-state index contributed by atoms with van der Waals surface area (Å²) in [7, 11) is 0. The van der Waals surface area contributed by atoms with E-state index in [0.29, 0.717) is 0 Å². The fourth-order valence-corrected chi connectivity index (χ4v) is 1.68. The van der Waals surface area contributed by atoms with Gasteiger partial charge in [0.2, 0.25) is 0 Å². The van der Waals surface area contributed by atoms with Gasteiger partial charge in [-0.3, -0.25) is 9.78 Å². The number of hydrogen-bond acceptors (Lipinski definition) is 4. The van der Waals surface area contributed by atoms with Gasteiger partial charge in [0.1, 0.15) is 0 Å². The first-order valence-electron chi connectivity index (χ1n) is 3.16. The van der Waals surface area contributed by atoms with Gasteiger partial charge < -0.3 is 10.4 Å².